The Morgan fingerprint density at radius 1 is 1.22 bits per heavy atom. The Morgan fingerprint density at radius 2 is 1.96 bits per heavy atom. The van der Waals surface area contributed by atoms with E-state index in [0.717, 1.165) is 0 Å². The predicted molar refractivity (Wildman–Crippen MR) is 86.7 cm³/mol. The van der Waals surface area contributed by atoms with E-state index in [4.69, 9.17) is 20.8 Å². The highest BCUT2D eigenvalue weighted by Gasteiger charge is 2.10. The highest BCUT2D eigenvalue weighted by molar-refractivity contribution is 6.31. The first-order valence-electron chi connectivity index (χ1n) is 6.98. The molecule has 0 unspecified atom stereocenters. The van der Waals surface area contributed by atoms with Crippen molar-refractivity contribution in [2.45, 2.75) is 13.3 Å². The van der Waals surface area contributed by atoms with E-state index in [1.807, 2.05) is 0 Å². The number of carbonyl (C=O) groups excluding carboxylic acids is 1. The van der Waals surface area contributed by atoms with Crippen LogP contribution < -0.4 is 10.4 Å². The van der Waals surface area contributed by atoms with Gasteiger partial charge in [0.15, 0.2) is 0 Å². The van der Waals surface area contributed by atoms with E-state index in [2.05, 4.69) is 4.98 Å². The van der Waals surface area contributed by atoms with Crippen molar-refractivity contribution in [2.75, 3.05) is 0 Å². The summed E-state index contributed by atoms with van der Waals surface area (Å²) in [6.07, 6.45) is 0.295. The second-order valence-corrected chi connectivity index (χ2v) is 5.26. The van der Waals surface area contributed by atoms with Crippen molar-refractivity contribution in [3.05, 3.63) is 57.9 Å². The van der Waals surface area contributed by atoms with Crippen LogP contribution in [0.3, 0.4) is 0 Å². The van der Waals surface area contributed by atoms with Crippen molar-refractivity contribution in [3.8, 4) is 17.2 Å². The molecule has 0 aliphatic heterocycles. The summed E-state index contributed by atoms with van der Waals surface area (Å²) < 4.78 is 10.3. The molecule has 0 spiro atoms. The van der Waals surface area contributed by atoms with Crippen molar-refractivity contribution in [2.24, 2.45) is 0 Å². The number of nitrogens with zero attached hydrogens (tertiary/aromatic N) is 1. The molecule has 0 atom stereocenters. The molecule has 3 rings (SSSR count). The fourth-order valence-electron chi connectivity index (χ4n) is 2.04. The Bertz CT molecular complexity index is 931. The zero-order valence-corrected chi connectivity index (χ0v) is 13.0. The minimum Gasteiger partial charge on any atom is -0.427 e. The normalized spacial score (nSPS) is 10.7. The summed E-state index contributed by atoms with van der Waals surface area (Å²) in [5.74, 6) is 0.285. The van der Waals surface area contributed by atoms with E-state index in [1.165, 1.54) is 0 Å². The molecule has 0 fully saturated rings. The summed E-state index contributed by atoms with van der Waals surface area (Å²) in [4.78, 5) is 27.6. The van der Waals surface area contributed by atoms with E-state index in [9.17, 15) is 9.59 Å². The SMILES string of the molecule is CCC(=O)Oc1ccc(-c2nc3cc(Cl)ccc3c(=O)o2)cc1. The maximum absolute atomic E-state index is 12.0. The quantitative estimate of drug-likeness (QED) is 0.539. The maximum atomic E-state index is 12.0. The summed E-state index contributed by atoms with van der Waals surface area (Å²) >= 11 is 5.93. The Hall–Kier alpha value is -2.66. The lowest BCUT2D eigenvalue weighted by Crippen LogP contribution is -2.05. The summed E-state index contributed by atoms with van der Waals surface area (Å²) in [5, 5.41) is 0.857. The zero-order chi connectivity index (χ0) is 16.4. The van der Waals surface area contributed by atoms with E-state index >= 15 is 0 Å². The van der Waals surface area contributed by atoms with Gasteiger partial charge in [-0.3, -0.25) is 4.79 Å². The van der Waals surface area contributed by atoms with E-state index in [1.54, 1.807) is 49.4 Å². The third kappa shape index (κ3) is 3.24. The number of benzene rings is 2. The van der Waals surface area contributed by atoms with Gasteiger partial charge in [-0.2, -0.15) is 0 Å². The number of hydrogen-bond donors (Lipinski definition) is 0. The van der Waals surface area contributed by atoms with Crippen LogP contribution in [0, 0.1) is 0 Å². The first-order chi connectivity index (χ1) is 11.1. The topological polar surface area (TPSA) is 69.4 Å². The number of fused-ring (bicyclic) bond motifs is 1. The van der Waals surface area contributed by atoms with Crippen molar-refractivity contribution in [1.82, 2.24) is 4.98 Å². The molecule has 6 heteroatoms. The molecule has 0 saturated carbocycles. The van der Waals surface area contributed by atoms with E-state index < -0.39 is 5.63 Å². The Morgan fingerprint density at radius 3 is 2.65 bits per heavy atom. The van der Waals surface area contributed by atoms with Gasteiger partial charge in [-0.25, -0.2) is 9.78 Å². The lowest BCUT2D eigenvalue weighted by molar-refractivity contribution is -0.134. The number of rotatable bonds is 3. The summed E-state index contributed by atoms with van der Waals surface area (Å²) in [5.41, 5.74) is 0.577. The van der Waals surface area contributed by atoms with Crippen molar-refractivity contribution in [1.29, 1.82) is 0 Å². The highest BCUT2D eigenvalue weighted by atomic mass is 35.5. The van der Waals surface area contributed by atoms with Crippen LogP contribution >= 0.6 is 11.6 Å². The Labute approximate surface area is 136 Å². The number of ether oxygens (including phenoxy) is 1. The van der Waals surface area contributed by atoms with Gasteiger partial charge in [-0.05, 0) is 42.5 Å². The average molecular weight is 330 g/mol. The molecule has 0 amide bonds. The molecular weight excluding hydrogens is 318 g/mol. The molecular formula is C17H12ClNO4. The first-order valence-corrected chi connectivity index (χ1v) is 7.36. The van der Waals surface area contributed by atoms with Crippen LogP contribution in [-0.2, 0) is 4.79 Å². The molecule has 0 N–H and O–H groups in total. The third-order valence-electron chi connectivity index (χ3n) is 3.21. The monoisotopic (exact) mass is 329 g/mol. The maximum Gasteiger partial charge on any atom is 0.347 e. The smallest absolute Gasteiger partial charge is 0.347 e. The summed E-state index contributed by atoms with van der Waals surface area (Å²) in [6, 6.07) is 11.4. The molecule has 1 aromatic heterocycles. The van der Waals surface area contributed by atoms with Crippen molar-refractivity contribution in [3.63, 3.8) is 0 Å². The number of carbonyl (C=O) groups is 1. The summed E-state index contributed by atoms with van der Waals surface area (Å²) in [6.45, 7) is 1.72. The van der Waals surface area contributed by atoms with Gasteiger partial charge in [-0.1, -0.05) is 18.5 Å². The zero-order valence-electron chi connectivity index (χ0n) is 12.2. The van der Waals surface area contributed by atoms with Gasteiger partial charge in [-0.15, -0.1) is 0 Å². The van der Waals surface area contributed by atoms with Crippen LogP contribution in [0.4, 0.5) is 0 Å². The highest BCUT2D eigenvalue weighted by Crippen LogP contribution is 2.23. The summed E-state index contributed by atoms with van der Waals surface area (Å²) in [7, 11) is 0. The minimum atomic E-state index is -0.483. The van der Waals surface area contributed by atoms with Gasteiger partial charge in [0.25, 0.3) is 0 Å². The fraction of sp³-hybridized carbons (Fsp3) is 0.118. The van der Waals surface area contributed by atoms with Gasteiger partial charge >= 0.3 is 11.6 Å². The van der Waals surface area contributed by atoms with Crippen LogP contribution in [0.5, 0.6) is 5.75 Å². The molecule has 0 radical (unpaired) electrons. The van der Waals surface area contributed by atoms with Gasteiger partial charge < -0.3 is 9.15 Å². The van der Waals surface area contributed by atoms with Gasteiger partial charge in [0.1, 0.15) is 5.75 Å². The number of halogens is 1. The fourth-order valence-corrected chi connectivity index (χ4v) is 2.20. The Balaban J connectivity index is 1.99. The predicted octanol–water partition coefficient (Wildman–Crippen LogP) is 3.82. The first kappa shape index (κ1) is 15.2. The largest absolute Gasteiger partial charge is 0.427 e. The molecule has 0 saturated heterocycles. The third-order valence-corrected chi connectivity index (χ3v) is 3.45. The van der Waals surface area contributed by atoms with Crippen LogP contribution in [0.1, 0.15) is 13.3 Å². The average Bonchev–Trinajstić information content (AvgIpc) is 2.55. The molecule has 5 nitrogen and oxygen atoms in total. The van der Waals surface area contributed by atoms with Crippen LogP contribution in [-0.4, -0.2) is 11.0 Å². The molecule has 0 bridgehead atoms. The lowest BCUT2D eigenvalue weighted by atomic mass is 10.2. The van der Waals surface area contributed by atoms with Crippen LogP contribution in [0.25, 0.3) is 22.4 Å². The van der Waals surface area contributed by atoms with Crippen LogP contribution in [0.2, 0.25) is 5.02 Å². The molecule has 3 aromatic rings. The molecule has 0 aliphatic carbocycles. The van der Waals surface area contributed by atoms with Gasteiger partial charge in [0, 0.05) is 17.0 Å². The molecule has 1 heterocycles. The molecule has 116 valence electrons. The molecule has 0 aliphatic rings. The standard InChI is InChI=1S/C17H12ClNO4/c1-2-15(20)22-12-6-3-10(4-7-12)16-19-14-9-11(18)5-8-13(14)17(21)23-16/h3-9H,2H2,1H3. The minimum absolute atomic E-state index is 0.179. The van der Waals surface area contributed by atoms with Gasteiger partial charge in [0.2, 0.25) is 5.89 Å². The Kier molecular flexibility index (Phi) is 4.12. The number of esters is 1. The van der Waals surface area contributed by atoms with E-state index in [0.29, 0.717) is 33.7 Å². The number of aromatic nitrogens is 1. The van der Waals surface area contributed by atoms with Crippen molar-refractivity contribution < 1.29 is 13.9 Å². The molecule has 23 heavy (non-hydrogen) atoms. The van der Waals surface area contributed by atoms with Crippen LogP contribution in [0.15, 0.2) is 51.7 Å². The van der Waals surface area contributed by atoms with Crippen molar-refractivity contribution >= 4 is 28.5 Å². The second-order valence-electron chi connectivity index (χ2n) is 4.82. The lowest BCUT2D eigenvalue weighted by Gasteiger charge is -2.04. The number of hydrogen-bond acceptors (Lipinski definition) is 5. The molecule has 2 aromatic carbocycles. The second kappa shape index (κ2) is 6.22. The van der Waals surface area contributed by atoms with E-state index in [-0.39, 0.29) is 11.9 Å². The van der Waals surface area contributed by atoms with Gasteiger partial charge in [0.05, 0.1) is 10.9 Å².